The van der Waals surface area contributed by atoms with Crippen molar-refractivity contribution in [2.45, 2.75) is 4.90 Å². The number of anilines is 1. The summed E-state index contributed by atoms with van der Waals surface area (Å²) in [5.74, 6) is 0.243. The average Bonchev–Trinajstić information content (AvgIpc) is 2.43. The summed E-state index contributed by atoms with van der Waals surface area (Å²) < 4.78 is 2.34. The molecule has 7 heteroatoms. The van der Waals surface area contributed by atoms with Crippen LogP contribution in [0.15, 0.2) is 38.8 Å². The smallest absolute Gasteiger partial charge is 0.358 e. The molecule has 0 radical (unpaired) electrons. The lowest BCUT2D eigenvalue weighted by molar-refractivity contribution is 0.702. The van der Waals surface area contributed by atoms with Gasteiger partial charge in [0.25, 0.3) is 0 Å². The maximum absolute atomic E-state index is 12.2. The first-order valence-corrected chi connectivity index (χ1v) is 6.83. The summed E-state index contributed by atoms with van der Waals surface area (Å²) in [5, 5.41) is 2.71. The van der Waals surface area contributed by atoms with Gasteiger partial charge in [-0.1, -0.05) is 0 Å². The summed E-state index contributed by atoms with van der Waals surface area (Å²) in [6.07, 6.45) is 1.96. The fourth-order valence-corrected chi connectivity index (χ4v) is 2.12. The molecule has 0 spiro atoms. The molecule has 100 valence electrons. The minimum absolute atomic E-state index is 0.243. The van der Waals surface area contributed by atoms with Crippen molar-refractivity contribution >= 4 is 17.7 Å². The lowest BCUT2D eigenvalue weighted by Gasteiger charge is -2.10. The highest BCUT2D eigenvalue weighted by molar-refractivity contribution is 7.98. The van der Waals surface area contributed by atoms with Crippen LogP contribution in [0.4, 0.5) is 5.95 Å². The first-order valence-electron chi connectivity index (χ1n) is 5.60. The van der Waals surface area contributed by atoms with Crippen LogP contribution in [0.3, 0.4) is 0 Å². The Kier molecular flexibility index (Phi) is 3.75. The minimum atomic E-state index is -0.593. The highest BCUT2D eigenvalue weighted by Gasteiger charge is 2.10. The molecule has 19 heavy (non-hydrogen) atoms. The Hall–Kier alpha value is -2.02. The van der Waals surface area contributed by atoms with Gasteiger partial charge >= 0.3 is 11.4 Å². The molecule has 0 aliphatic carbocycles. The molecule has 0 amide bonds. The van der Waals surface area contributed by atoms with Crippen molar-refractivity contribution in [3.63, 3.8) is 0 Å². The van der Waals surface area contributed by atoms with Gasteiger partial charge in [-0.15, -0.1) is 11.8 Å². The Labute approximate surface area is 114 Å². The molecule has 0 unspecified atom stereocenters. The van der Waals surface area contributed by atoms with Crippen molar-refractivity contribution in [2.75, 3.05) is 18.6 Å². The van der Waals surface area contributed by atoms with E-state index in [1.54, 1.807) is 38.0 Å². The minimum Gasteiger partial charge on any atom is -0.358 e. The van der Waals surface area contributed by atoms with Gasteiger partial charge in [-0.2, -0.15) is 4.98 Å². The molecule has 6 nitrogen and oxygen atoms in total. The van der Waals surface area contributed by atoms with E-state index in [0.717, 1.165) is 9.46 Å². The van der Waals surface area contributed by atoms with Crippen molar-refractivity contribution in [3.05, 3.63) is 45.2 Å². The van der Waals surface area contributed by atoms with Gasteiger partial charge in [-0.25, -0.2) is 14.2 Å². The fraction of sp³-hybridized carbons (Fsp3) is 0.250. The Morgan fingerprint density at radius 3 is 2.37 bits per heavy atom. The number of nitrogens with one attached hydrogen (secondary N) is 1. The van der Waals surface area contributed by atoms with Gasteiger partial charge in [0, 0.05) is 19.0 Å². The highest BCUT2D eigenvalue weighted by Crippen LogP contribution is 2.15. The summed E-state index contributed by atoms with van der Waals surface area (Å²) in [5.41, 5.74) is -0.510. The Bertz CT molecular complexity index is 703. The normalized spacial score (nSPS) is 10.5. The SMILES string of the molecule is CNc1nc(=O)n(-c2ccc(SC)cc2)c(=O)n1C. The van der Waals surface area contributed by atoms with E-state index in [1.165, 1.54) is 4.57 Å². The van der Waals surface area contributed by atoms with E-state index < -0.39 is 11.4 Å². The van der Waals surface area contributed by atoms with Crippen LogP contribution in [-0.4, -0.2) is 27.4 Å². The van der Waals surface area contributed by atoms with Crippen LogP contribution in [0, 0.1) is 0 Å². The van der Waals surface area contributed by atoms with Crippen molar-refractivity contribution in [1.82, 2.24) is 14.1 Å². The van der Waals surface area contributed by atoms with E-state index in [0.29, 0.717) is 5.69 Å². The van der Waals surface area contributed by atoms with Crippen LogP contribution in [0.25, 0.3) is 5.69 Å². The van der Waals surface area contributed by atoms with Crippen molar-refractivity contribution < 1.29 is 0 Å². The molecule has 0 atom stereocenters. The van der Waals surface area contributed by atoms with Crippen molar-refractivity contribution in [1.29, 1.82) is 0 Å². The van der Waals surface area contributed by atoms with Crippen LogP contribution < -0.4 is 16.7 Å². The molecule has 0 saturated carbocycles. The molecular weight excluding hydrogens is 264 g/mol. The highest BCUT2D eigenvalue weighted by atomic mass is 32.2. The molecule has 2 aromatic rings. The van der Waals surface area contributed by atoms with Gasteiger partial charge in [0.15, 0.2) is 0 Å². The topological polar surface area (TPSA) is 68.9 Å². The number of hydrogen-bond acceptors (Lipinski definition) is 5. The monoisotopic (exact) mass is 278 g/mol. The molecular formula is C12H14N4O2S. The first kappa shape index (κ1) is 13.4. The molecule has 0 bridgehead atoms. The van der Waals surface area contributed by atoms with Gasteiger partial charge in [-0.05, 0) is 30.5 Å². The number of nitrogens with zero attached hydrogens (tertiary/aromatic N) is 3. The van der Waals surface area contributed by atoms with E-state index in [9.17, 15) is 9.59 Å². The molecule has 0 fully saturated rings. The average molecular weight is 278 g/mol. The van der Waals surface area contributed by atoms with Crippen LogP contribution in [0.1, 0.15) is 0 Å². The molecule has 0 aliphatic heterocycles. The summed E-state index contributed by atoms with van der Waals surface area (Å²) in [6, 6.07) is 7.18. The molecule has 1 heterocycles. The summed E-state index contributed by atoms with van der Waals surface area (Å²) in [7, 11) is 3.17. The second-order valence-corrected chi connectivity index (χ2v) is 4.72. The number of rotatable bonds is 3. The number of benzene rings is 1. The molecule has 2 rings (SSSR count). The summed E-state index contributed by atoms with van der Waals surface area (Å²) >= 11 is 1.59. The lowest BCUT2D eigenvalue weighted by atomic mass is 10.3. The standard InChI is InChI=1S/C12H14N4O2S/c1-13-10-14-11(17)16(12(18)15(10)2)8-4-6-9(19-3)7-5-8/h4-7H,1-3H3,(H,13,14,17). The third-order valence-corrected chi connectivity index (χ3v) is 3.49. The van der Waals surface area contributed by atoms with Crippen LogP contribution in [-0.2, 0) is 7.05 Å². The first-order chi connectivity index (χ1) is 9.08. The van der Waals surface area contributed by atoms with Gasteiger partial charge in [0.1, 0.15) is 0 Å². The second kappa shape index (κ2) is 5.31. The third-order valence-electron chi connectivity index (χ3n) is 2.74. The lowest BCUT2D eigenvalue weighted by Crippen LogP contribution is -2.40. The molecule has 1 aromatic heterocycles. The van der Waals surface area contributed by atoms with Gasteiger partial charge in [-0.3, -0.25) is 4.57 Å². The van der Waals surface area contributed by atoms with Gasteiger partial charge in [0.05, 0.1) is 5.69 Å². The van der Waals surface area contributed by atoms with E-state index in [1.807, 2.05) is 18.4 Å². The van der Waals surface area contributed by atoms with E-state index in [-0.39, 0.29) is 5.95 Å². The van der Waals surface area contributed by atoms with Crippen LogP contribution >= 0.6 is 11.8 Å². The fourth-order valence-electron chi connectivity index (χ4n) is 1.71. The molecule has 0 aliphatic rings. The molecule has 0 saturated heterocycles. The zero-order valence-corrected chi connectivity index (χ0v) is 11.7. The van der Waals surface area contributed by atoms with Crippen LogP contribution in [0.5, 0.6) is 0 Å². The Morgan fingerprint density at radius 2 is 1.84 bits per heavy atom. The summed E-state index contributed by atoms with van der Waals surface area (Å²) in [4.78, 5) is 29.0. The maximum Gasteiger partial charge on any atom is 0.359 e. The predicted molar refractivity (Wildman–Crippen MR) is 76.4 cm³/mol. The van der Waals surface area contributed by atoms with Gasteiger partial charge in [0.2, 0.25) is 5.95 Å². The van der Waals surface area contributed by atoms with Crippen LogP contribution in [0.2, 0.25) is 0 Å². The van der Waals surface area contributed by atoms with E-state index in [2.05, 4.69) is 10.3 Å². The number of aromatic nitrogens is 3. The Morgan fingerprint density at radius 1 is 1.21 bits per heavy atom. The molecule has 1 aromatic carbocycles. The van der Waals surface area contributed by atoms with Crippen molar-refractivity contribution in [3.8, 4) is 5.69 Å². The summed E-state index contributed by atoms with van der Waals surface area (Å²) in [6.45, 7) is 0. The van der Waals surface area contributed by atoms with Gasteiger partial charge < -0.3 is 5.32 Å². The molecule has 1 N–H and O–H groups in total. The number of thioether (sulfide) groups is 1. The van der Waals surface area contributed by atoms with E-state index in [4.69, 9.17) is 0 Å². The zero-order chi connectivity index (χ0) is 14.0. The van der Waals surface area contributed by atoms with Crippen molar-refractivity contribution in [2.24, 2.45) is 7.05 Å². The van der Waals surface area contributed by atoms with E-state index >= 15 is 0 Å². The second-order valence-electron chi connectivity index (χ2n) is 3.84. The third kappa shape index (κ3) is 2.41. The predicted octanol–water partition coefficient (Wildman–Crippen LogP) is 0.695. The zero-order valence-electron chi connectivity index (χ0n) is 10.9. The number of hydrogen-bond donors (Lipinski definition) is 1. The maximum atomic E-state index is 12.2. The Balaban J connectivity index is 2.65. The quantitative estimate of drug-likeness (QED) is 0.837. The largest absolute Gasteiger partial charge is 0.359 e.